The van der Waals surface area contributed by atoms with Crippen LogP contribution in [0.4, 0.5) is 0 Å². The van der Waals surface area contributed by atoms with Gasteiger partial charge in [-0.15, -0.1) is 0 Å². The van der Waals surface area contributed by atoms with Crippen LogP contribution in [0.5, 0.6) is 0 Å². The van der Waals surface area contributed by atoms with Gasteiger partial charge in [0.1, 0.15) is 6.54 Å². The lowest BCUT2D eigenvalue weighted by Gasteiger charge is -2.09. The highest BCUT2D eigenvalue weighted by Crippen LogP contribution is 2.38. The van der Waals surface area contributed by atoms with Gasteiger partial charge >= 0.3 is 0 Å². The van der Waals surface area contributed by atoms with E-state index in [9.17, 15) is 9.59 Å². The average molecular weight is 347 g/mol. The molecule has 5 heteroatoms. The molecule has 0 amide bonds. The summed E-state index contributed by atoms with van der Waals surface area (Å²) in [7, 11) is 0. The van der Waals surface area contributed by atoms with Crippen molar-refractivity contribution in [2.24, 2.45) is 0 Å². The summed E-state index contributed by atoms with van der Waals surface area (Å²) in [6.07, 6.45) is 2.34. The molecule has 3 aromatic rings. The Labute approximate surface area is 151 Å². The first-order valence-corrected chi connectivity index (χ1v) is 8.90. The zero-order chi connectivity index (χ0) is 18.3. The Morgan fingerprint density at radius 1 is 1.12 bits per heavy atom. The van der Waals surface area contributed by atoms with Crippen molar-refractivity contribution in [1.29, 1.82) is 0 Å². The third kappa shape index (κ3) is 3.01. The van der Waals surface area contributed by atoms with Crippen LogP contribution in [-0.2, 0) is 6.54 Å². The predicted molar refractivity (Wildman–Crippen MR) is 100 cm³/mol. The topological polar surface area (TPSA) is 56.9 Å². The van der Waals surface area contributed by atoms with E-state index < -0.39 is 0 Å². The van der Waals surface area contributed by atoms with E-state index in [1.54, 1.807) is 6.07 Å². The van der Waals surface area contributed by atoms with Crippen LogP contribution in [0.1, 0.15) is 40.6 Å². The summed E-state index contributed by atoms with van der Waals surface area (Å²) in [6, 6.07) is 15.3. The van der Waals surface area contributed by atoms with E-state index in [2.05, 4.69) is 9.67 Å². The molecule has 0 bridgehead atoms. The molecule has 4 rings (SSSR count). The van der Waals surface area contributed by atoms with Crippen molar-refractivity contribution in [2.45, 2.75) is 39.3 Å². The maximum Gasteiger partial charge on any atom is 0.267 e. The van der Waals surface area contributed by atoms with E-state index in [0.29, 0.717) is 17.3 Å². The van der Waals surface area contributed by atoms with Crippen LogP contribution in [0.25, 0.3) is 11.3 Å². The van der Waals surface area contributed by atoms with Crippen LogP contribution < -0.4 is 5.56 Å². The summed E-state index contributed by atoms with van der Waals surface area (Å²) in [6.45, 7) is 3.96. The minimum Gasteiger partial charge on any atom is -0.345 e. The standard InChI is InChI=1S/C21H21N3O2/c1-14-12-18(15(2)24(14)17-8-9-17)20(25)13-23-21(26)11-10-19(22-23)16-6-4-3-5-7-16/h3-7,10-12,17H,8-9,13H2,1-2H3. The van der Waals surface area contributed by atoms with Gasteiger partial charge in [0.25, 0.3) is 5.56 Å². The SMILES string of the molecule is Cc1cc(C(=O)Cn2nc(-c3ccccc3)ccc2=O)c(C)n1C1CC1. The van der Waals surface area contributed by atoms with Gasteiger partial charge in [0, 0.05) is 34.6 Å². The largest absolute Gasteiger partial charge is 0.345 e. The van der Waals surface area contributed by atoms with Crippen molar-refractivity contribution in [3.8, 4) is 11.3 Å². The van der Waals surface area contributed by atoms with E-state index in [-0.39, 0.29) is 17.9 Å². The molecule has 1 aliphatic rings. The maximum atomic E-state index is 12.8. The summed E-state index contributed by atoms with van der Waals surface area (Å²) in [4.78, 5) is 25.0. The van der Waals surface area contributed by atoms with E-state index >= 15 is 0 Å². The van der Waals surface area contributed by atoms with Crippen molar-refractivity contribution in [3.05, 3.63) is 75.8 Å². The van der Waals surface area contributed by atoms with E-state index in [0.717, 1.165) is 17.0 Å². The van der Waals surface area contributed by atoms with Crippen LogP contribution in [-0.4, -0.2) is 20.1 Å². The molecule has 1 aliphatic carbocycles. The maximum absolute atomic E-state index is 12.8. The highest BCUT2D eigenvalue weighted by Gasteiger charge is 2.28. The number of aromatic nitrogens is 3. The molecule has 0 aliphatic heterocycles. The second-order valence-corrected chi connectivity index (χ2v) is 6.89. The Hall–Kier alpha value is -2.95. The monoisotopic (exact) mass is 347 g/mol. The van der Waals surface area contributed by atoms with Gasteiger partial charge in [-0.2, -0.15) is 5.10 Å². The smallest absolute Gasteiger partial charge is 0.267 e. The molecule has 1 saturated carbocycles. The van der Waals surface area contributed by atoms with Crippen LogP contribution in [0.15, 0.2) is 53.3 Å². The number of benzene rings is 1. The molecule has 0 spiro atoms. The highest BCUT2D eigenvalue weighted by molar-refractivity contribution is 5.97. The molecule has 5 nitrogen and oxygen atoms in total. The molecule has 0 atom stereocenters. The molecule has 132 valence electrons. The number of hydrogen-bond acceptors (Lipinski definition) is 3. The van der Waals surface area contributed by atoms with Gasteiger partial charge in [0.15, 0.2) is 5.78 Å². The first-order valence-electron chi connectivity index (χ1n) is 8.90. The number of ketones is 1. The molecule has 0 saturated heterocycles. The van der Waals surface area contributed by atoms with Crippen LogP contribution in [0.2, 0.25) is 0 Å². The van der Waals surface area contributed by atoms with Gasteiger partial charge in [-0.1, -0.05) is 30.3 Å². The van der Waals surface area contributed by atoms with Gasteiger partial charge in [0.2, 0.25) is 0 Å². The second-order valence-electron chi connectivity index (χ2n) is 6.89. The fourth-order valence-corrected chi connectivity index (χ4v) is 3.50. The quantitative estimate of drug-likeness (QED) is 0.663. The number of carbonyl (C=O) groups is 1. The Morgan fingerprint density at radius 2 is 1.85 bits per heavy atom. The lowest BCUT2D eigenvalue weighted by Crippen LogP contribution is -2.26. The Balaban J connectivity index is 1.64. The van der Waals surface area contributed by atoms with Gasteiger partial charge < -0.3 is 4.57 Å². The number of nitrogens with zero attached hydrogens (tertiary/aromatic N) is 3. The number of aryl methyl sites for hydroxylation is 1. The minimum atomic E-state index is -0.269. The first-order chi connectivity index (χ1) is 12.5. The Bertz CT molecular complexity index is 1030. The van der Waals surface area contributed by atoms with Crippen molar-refractivity contribution in [1.82, 2.24) is 14.3 Å². The van der Waals surface area contributed by atoms with Crippen molar-refractivity contribution < 1.29 is 4.79 Å². The zero-order valence-electron chi connectivity index (χ0n) is 15.0. The second kappa shape index (κ2) is 6.41. The minimum absolute atomic E-state index is 0.0472. The zero-order valence-corrected chi connectivity index (χ0v) is 15.0. The van der Waals surface area contributed by atoms with Crippen LogP contribution in [0, 0.1) is 13.8 Å². The molecular weight excluding hydrogens is 326 g/mol. The first kappa shape index (κ1) is 16.5. The summed E-state index contributed by atoms with van der Waals surface area (Å²) in [5.41, 5.74) is 4.11. The molecule has 0 N–H and O–H groups in total. The lowest BCUT2D eigenvalue weighted by molar-refractivity contribution is 0.0965. The third-order valence-electron chi connectivity index (χ3n) is 4.93. The molecule has 1 fully saturated rings. The van der Waals surface area contributed by atoms with Crippen LogP contribution in [0.3, 0.4) is 0 Å². The molecule has 0 radical (unpaired) electrons. The van der Waals surface area contributed by atoms with Gasteiger partial charge in [0.05, 0.1) is 5.69 Å². The Morgan fingerprint density at radius 3 is 2.54 bits per heavy atom. The Kier molecular flexibility index (Phi) is 4.07. The summed E-state index contributed by atoms with van der Waals surface area (Å²) >= 11 is 0. The molecule has 1 aromatic carbocycles. The van der Waals surface area contributed by atoms with Crippen molar-refractivity contribution in [2.75, 3.05) is 0 Å². The molecule has 26 heavy (non-hydrogen) atoms. The van der Waals surface area contributed by atoms with Crippen molar-refractivity contribution in [3.63, 3.8) is 0 Å². The number of carbonyl (C=O) groups excluding carboxylic acids is 1. The average Bonchev–Trinajstić information content (AvgIpc) is 3.42. The number of Topliss-reactive ketones (excluding diaryl/α,β-unsaturated/α-hetero) is 1. The molecular formula is C21H21N3O2. The fraction of sp³-hybridized carbons (Fsp3) is 0.286. The fourth-order valence-electron chi connectivity index (χ4n) is 3.50. The molecule has 2 aromatic heterocycles. The van der Waals surface area contributed by atoms with E-state index in [1.807, 2.05) is 50.2 Å². The third-order valence-corrected chi connectivity index (χ3v) is 4.93. The number of rotatable bonds is 5. The van der Waals surface area contributed by atoms with Gasteiger partial charge in [-0.25, -0.2) is 4.68 Å². The van der Waals surface area contributed by atoms with E-state index in [4.69, 9.17) is 0 Å². The summed E-state index contributed by atoms with van der Waals surface area (Å²) < 4.78 is 3.50. The lowest BCUT2D eigenvalue weighted by atomic mass is 10.1. The predicted octanol–water partition coefficient (Wildman–Crippen LogP) is 3.55. The summed E-state index contributed by atoms with van der Waals surface area (Å²) in [5, 5.41) is 4.39. The molecule has 2 heterocycles. The molecule has 0 unspecified atom stereocenters. The number of hydrogen-bond donors (Lipinski definition) is 0. The highest BCUT2D eigenvalue weighted by atomic mass is 16.1. The van der Waals surface area contributed by atoms with Crippen molar-refractivity contribution >= 4 is 5.78 Å². The van der Waals surface area contributed by atoms with E-state index in [1.165, 1.54) is 23.6 Å². The van der Waals surface area contributed by atoms with Gasteiger partial charge in [-0.05, 0) is 38.8 Å². The van der Waals surface area contributed by atoms with Gasteiger partial charge in [-0.3, -0.25) is 9.59 Å². The summed E-state index contributed by atoms with van der Waals surface area (Å²) in [5.74, 6) is -0.0789. The normalized spacial score (nSPS) is 13.8. The van der Waals surface area contributed by atoms with Crippen LogP contribution >= 0.6 is 0 Å².